The molecule has 1 amide bonds. The minimum Gasteiger partial charge on any atom is -0.465 e. The number of nitrogens with one attached hydrogen (secondary N) is 1. The third kappa shape index (κ3) is 2.13. The third-order valence-electron chi connectivity index (χ3n) is 2.89. The van der Waals surface area contributed by atoms with E-state index in [1.165, 1.54) is 6.20 Å². The predicted molar refractivity (Wildman–Crippen MR) is 53.8 cm³/mol. The first-order valence-corrected chi connectivity index (χ1v) is 5.20. The van der Waals surface area contributed by atoms with Crippen LogP contribution in [0.5, 0.6) is 0 Å². The van der Waals surface area contributed by atoms with Crippen molar-refractivity contribution in [1.29, 1.82) is 0 Å². The molecule has 1 aliphatic carbocycles. The van der Waals surface area contributed by atoms with Gasteiger partial charge in [0.1, 0.15) is 0 Å². The van der Waals surface area contributed by atoms with E-state index < -0.39 is 6.09 Å². The molecule has 88 valence electrons. The molecule has 1 aliphatic rings. The standard InChI is InChI=1S/C9H14N4O3/c14-5-8-4-10-12-13(8)7-2-1-6(3-7)11-9(15)16/h4,6-7,11,14H,1-3,5H2,(H,15,16). The Morgan fingerprint density at radius 3 is 3.12 bits per heavy atom. The highest BCUT2D eigenvalue weighted by Gasteiger charge is 2.28. The fourth-order valence-corrected chi connectivity index (χ4v) is 2.17. The van der Waals surface area contributed by atoms with E-state index >= 15 is 0 Å². The molecule has 2 rings (SSSR count). The van der Waals surface area contributed by atoms with Crippen LogP contribution >= 0.6 is 0 Å². The maximum Gasteiger partial charge on any atom is 0.404 e. The summed E-state index contributed by atoms with van der Waals surface area (Å²) in [5.41, 5.74) is 0.668. The molecular weight excluding hydrogens is 212 g/mol. The topological polar surface area (TPSA) is 100 Å². The van der Waals surface area contributed by atoms with Crippen LogP contribution in [0.2, 0.25) is 0 Å². The van der Waals surface area contributed by atoms with Crippen molar-refractivity contribution in [2.24, 2.45) is 0 Å². The van der Waals surface area contributed by atoms with Gasteiger partial charge in [0.15, 0.2) is 0 Å². The van der Waals surface area contributed by atoms with Crippen molar-refractivity contribution in [3.8, 4) is 0 Å². The smallest absolute Gasteiger partial charge is 0.404 e. The molecule has 1 fully saturated rings. The molecule has 0 bridgehead atoms. The second-order valence-electron chi connectivity index (χ2n) is 3.94. The van der Waals surface area contributed by atoms with Crippen molar-refractivity contribution in [3.05, 3.63) is 11.9 Å². The Kier molecular flexibility index (Phi) is 3.04. The van der Waals surface area contributed by atoms with Gasteiger partial charge in [-0.05, 0) is 19.3 Å². The number of hydrogen-bond donors (Lipinski definition) is 3. The number of aromatic nitrogens is 3. The second kappa shape index (κ2) is 4.48. The zero-order valence-corrected chi connectivity index (χ0v) is 8.70. The molecule has 1 aromatic heterocycles. The summed E-state index contributed by atoms with van der Waals surface area (Å²) < 4.78 is 1.68. The molecule has 3 N–H and O–H groups in total. The van der Waals surface area contributed by atoms with E-state index in [1.54, 1.807) is 4.68 Å². The van der Waals surface area contributed by atoms with E-state index in [1.807, 2.05) is 0 Å². The summed E-state index contributed by atoms with van der Waals surface area (Å²) in [4.78, 5) is 10.5. The minimum atomic E-state index is -0.994. The van der Waals surface area contributed by atoms with Gasteiger partial charge in [-0.3, -0.25) is 0 Å². The molecule has 0 spiro atoms. The molecule has 1 saturated carbocycles. The van der Waals surface area contributed by atoms with E-state index in [9.17, 15) is 4.79 Å². The second-order valence-corrected chi connectivity index (χ2v) is 3.94. The van der Waals surface area contributed by atoms with Crippen LogP contribution in [0.1, 0.15) is 31.0 Å². The molecule has 7 nitrogen and oxygen atoms in total. The van der Waals surface area contributed by atoms with Gasteiger partial charge in [0, 0.05) is 6.04 Å². The number of aliphatic hydroxyl groups excluding tert-OH is 1. The fourth-order valence-electron chi connectivity index (χ4n) is 2.17. The lowest BCUT2D eigenvalue weighted by Crippen LogP contribution is -2.31. The number of amides is 1. The fraction of sp³-hybridized carbons (Fsp3) is 0.667. The molecule has 0 aliphatic heterocycles. The van der Waals surface area contributed by atoms with Crippen molar-refractivity contribution in [2.45, 2.75) is 38.0 Å². The molecule has 1 heterocycles. The summed E-state index contributed by atoms with van der Waals surface area (Å²) in [6.07, 6.45) is 2.87. The summed E-state index contributed by atoms with van der Waals surface area (Å²) >= 11 is 0. The Hall–Kier alpha value is -1.63. The summed E-state index contributed by atoms with van der Waals surface area (Å²) in [7, 11) is 0. The van der Waals surface area contributed by atoms with Gasteiger partial charge in [0.05, 0.1) is 24.5 Å². The lowest BCUT2D eigenvalue weighted by Gasteiger charge is -2.13. The van der Waals surface area contributed by atoms with Crippen molar-refractivity contribution >= 4 is 6.09 Å². The van der Waals surface area contributed by atoms with Crippen LogP contribution in [0.3, 0.4) is 0 Å². The molecule has 2 atom stereocenters. The quantitative estimate of drug-likeness (QED) is 0.680. The van der Waals surface area contributed by atoms with Gasteiger partial charge >= 0.3 is 6.09 Å². The highest BCUT2D eigenvalue weighted by atomic mass is 16.4. The normalized spacial score (nSPS) is 24.6. The number of carboxylic acid groups (broad SMARTS) is 1. The van der Waals surface area contributed by atoms with Gasteiger partial charge in [-0.2, -0.15) is 0 Å². The van der Waals surface area contributed by atoms with Crippen LogP contribution < -0.4 is 5.32 Å². The number of aliphatic hydroxyl groups is 1. The van der Waals surface area contributed by atoms with Crippen molar-refractivity contribution < 1.29 is 15.0 Å². The van der Waals surface area contributed by atoms with Crippen LogP contribution in [-0.2, 0) is 6.61 Å². The monoisotopic (exact) mass is 226 g/mol. The number of nitrogens with zero attached hydrogens (tertiary/aromatic N) is 3. The molecule has 1 aromatic rings. The van der Waals surface area contributed by atoms with Gasteiger partial charge < -0.3 is 15.5 Å². The van der Waals surface area contributed by atoms with Gasteiger partial charge in [-0.15, -0.1) is 5.10 Å². The Balaban J connectivity index is 2.00. The van der Waals surface area contributed by atoms with E-state index in [2.05, 4.69) is 15.6 Å². The van der Waals surface area contributed by atoms with Gasteiger partial charge in [-0.25, -0.2) is 9.48 Å². The van der Waals surface area contributed by atoms with Crippen LogP contribution in [0.4, 0.5) is 4.79 Å². The number of hydrogen-bond acceptors (Lipinski definition) is 4. The summed E-state index contributed by atoms with van der Waals surface area (Å²) in [6, 6.07) is 0.0970. The van der Waals surface area contributed by atoms with Gasteiger partial charge in [0.2, 0.25) is 0 Å². The molecule has 0 saturated heterocycles. The zero-order valence-electron chi connectivity index (χ0n) is 8.70. The van der Waals surface area contributed by atoms with Crippen molar-refractivity contribution in [1.82, 2.24) is 20.3 Å². The SMILES string of the molecule is O=C(O)NC1CCC(n2nncc2CO)C1. The lowest BCUT2D eigenvalue weighted by atomic mass is 10.2. The molecular formula is C9H14N4O3. The maximum atomic E-state index is 10.5. The van der Waals surface area contributed by atoms with Crippen molar-refractivity contribution in [2.75, 3.05) is 0 Å². The highest BCUT2D eigenvalue weighted by molar-refractivity contribution is 5.64. The van der Waals surface area contributed by atoms with Crippen LogP contribution in [-0.4, -0.2) is 37.3 Å². The molecule has 2 unspecified atom stereocenters. The Bertz CT molecular complexity index is 379. The Labute approximate surface area is 92.1 Å². The van der Waals surface area contributed by atoms with E-state index in [0.29, 0.717) is 12.1 Å². The lowest BCUT2D eigenvalue weighted by molar-refractivity contribution is 0.189. The Morgan fingerprint density at radius 2 is 2.44 bits per heavy atom. The minimum absolute atomic E-state index is 0.0294. The first-order chi connectivity index (χ1) is 7.70. The largest absolute Gasteiger partial charge is 0.465 e. The first-order valence-electron chi connectivity index (χ1n) is 5.20. The van der Waals surface area contributed by atoms with Crippen LogP contribution in [0.25, 0.3) is 0 Å². The average Bonchev–Trinajstić information content (AvgIpc) is 2.83. The van der Waals surface area contributed by atoms with Crippen LogP contribution in [0.15, 0.2) is 6.20 Å². The predicted octanol–water partition coefficient (Wildman–Crippen LogP) is 0.132. The van der Waals surface area contributed by atoms with E-state index in [4.69, 9.17) is 10.2 Å². The zero-order chi connectivity index (χ0) is 11.5. The molecule has 16 heavy (non-hydrogen) atoms. The summed E-state index contributed by atoms with van der Waals surface area (Å²) in [5, 5.41) is 27.8. The first kappa shape index (κ1) is 10.9. The maximum absolute atomic E-state index is 10.5. The van der Waals surface area contributed by atoms with Gasteiger partial charge in [-0.1, -0.05) is 5.21 Å². The molecule has 0 radical (unpaired) electrons. The molecule has 7 heteroatoms. The number of rotatable bonds is 3. The molecule has 0 aromatic carbocycles. The number of carbonyl (C=O) groups is 1. The Morgan fingerprint density at radius 1 is 1.62 bits per heavy atom. The highest BCUT2D eigenvalue weighted by Crippen LogP contribution is 2.30. The average molecular weight is 226 g/mol. The van der Waals surface area contributed by atoms with E-state index in [-0.39, 0.29) is 18.7 Å². The van der Waals surface area contributed by atoms with E-state index in [0.717, 1.165) is 12.8 Å². The van der Waals surface area contributed by atoms with Gasteiger partial charge in [0.25, 0.3) is 0 Å². The van der Waals surface area contributed by atoms with Crippen molar-refractivity contribution in [3.63, 3.8) is 0 Å². The van der Waals surface area contributed by atoms with Crippen LogP contribution in [0, 0.1) is 0 Å². The summed E-state index contributed by atoms with van der Waals surface area (Å²) in [5.74, 6) is 0. The summed E-state index contributed by atoms with van der Waals surface area (Å²) in [6.45, 7) is -0.0967. The third-order valence-corrected chi connectivity index (χ3v) is 2.89.